The van der Waals surface area contributed by atoms with Gasteiger partial charge in [0.15, 0.2) is 0 Å². The summed E-state index contributed by atoms with van der Waals surface area (Å²) < 4.78 is 0. The Labute approximate surface area is 125 Å². The van der Waals surface area contributed by atoms with Gasteiger partial charge in [0.05, 0.1) is 12.6 Å². The molecule has 0 saturated heterocycles. The molecule has 5 heteroatoms. The van der Waals surface area contributed by atoms with Gasteiger partial charge < -0.3 is 15.7 Å². The van der Waals surface area contributed by atoms with E-state index < -0.39 is 0 Å². The third-order valence-electron chi connectivity index (χ3n) is 3.35. The van der Waals surface area contributed by atoms with E-state index in [4.69, 9.17) is 16.7 Å². The molecule has 1 rings (SSSR count). The van der Waals surface area contributed by atoms with Crippen LogP contribution in [-0.4, -0.2) is 30.3 Å². The van der Waals surface area contributed by atoms with Crippen molar-refractivity contribution >= 4 is 17.6 Å². The first kappa shape index (κ1) is 16.8. The Balaban J connectivity index is 2.57. The van der Waals surface area contributed by atoms with Crippen molar-refractivity contribution in [2.75, 3.05) is 13.2 Å². The highest BCUT2D eigenvalue weighted by Crippen LogP contribution is 2.24. The van der Waals surface area contributed by atoms with Crippen LogP contribution >= 0.6 is 11.6 Å². The molecule has 1 aromatic carbocycles. The molecule has 0 saturated carbocycles. The molecule has 20 heavy (non-hydrogen) atoms. The lowest BCUT2D eigenvalue weighted by Gasteiger charge is -2.26. The summed E-state index contributed by atoms with van der Waals surface area (Å²) in [5, 5.41) is 15.3. The standard InChI is InChI=1S/C15H23ClN2O2/c1-4-13(9-19)18-14(20)17-10-15(2,3)11-6-5-7-12(16)8-11/h5-8,13,19H,4,9-10H2,1-3H3,(H2,17,18,20). The van der Waals surface area contributed by atoms with Gasteiger partial charge in [-0.3, -0.25) is 0 Å². The Morgan fingerprint density at radius 1 is 1.45 bits per heavy atom. The Morgan fingerprint density at radius 2 is 2.15 bits per heavy atom. The molecule has 112 valence electrons. The van der Waals surface area contributed by atoms with Crippen molar-refractivity contribution in [2.24, 2.45) is 0 Å². The molecule has 4 nitrogen and oxygen atoms in total. The van der Waals surface area contributed by atoms with Crippen LogP contribution in [0.4, 0.5) is 4.79 Å². The lowest BCUT2D eigenvalue weighted by molar-refractivity contribution is 0.213. The maximum absolute atomic E-state index is 11.8. The van der Waals surface area contributed by atoms with Crippen LogP contribution < -0.4 is 10.6 Å². The van der Waals surface area contributed by atoms with Gasteiger partial charge in [-0.05, 0) is 24.1 Å². The van der Waals surface area contributed by atoms with Crippen LogP contribution in [0, 0.1) is 0 Å². The van der Waals surface area contributed by atoms with Crippen LogP contribution in [0.5, 0.6) is 0 Å². The van der Waals surface area contributed by atoms with Gasteiger partial charge in [-0.15, -0.1) is 0 Å². The molecule has 0 aliphatic heterocycles. The number of aliphatic hydroxyl groups is 1. The topological polar surface area (TPSA) is 61.4 Å². The summed E-state index contributed by atoms with van der Waals surface area (Å²) in [5.41, 5.74) is 0.850. The minimum absolute atomic E-state index is 0.0540. The molecule has 2 amide bonds. The summed E-state index contributed by atoms with van der Waals surface area (Å²) in [4.78, 5) is 11.8. The molecule has 0 aliphatic carbocycles. The average molecular weight is 299 g/mol. The number of aliphatic hydroxyl groups excluding tert-OH is 1. The highest BCUT2D eigenvalue weighted by atomic mass is 35.5. The number of amides is 2. The van der Waals surface area contributed by atoms with Crippen molar-refractivity contribution in [1.82, 2.24) is 10.6 Å². The number of halogens is 1. The number of benzene rings is 1. The summed E-state index contributed by atoms with van der Waals surface area (Å²) in [7, 11) is 0. The number of rotatable bonds is 6. The van der Waals surface area contributed by atoms with Crippen LogP contribution in [0.25, 0.3) is 0 Å². The van der Waals surface area contributed by atoms with Gasteiger partial charge in [-0.1, -0.05) is 44.5 Å². The molecule has 0 aromatic heterocycles. The Kier molecular flexibility index (Phi) is 6.30. The van der Waals surface area contributed by atoms with E-state index in [0.717, 1.165) is 5.56 Å². The van der Waals surface area contributed by atoms with E-state index >= 15 is 0 Å². The third-order valence-corrected chi connectivity index (χ3v) is 3.58. The molecule has 0 spiro atoms. The molecule has 0 aliphatic rings. The van der Waals surface area contributed by atoms with Crippen molar-refractivity contribution in [2.45, 2.75) is 38.6 Å². The van der Waals surface area contributed by atoms with Crippen molar-refractivity contribution in [1.29, 1.82) is 0 Å². The quantitative estimate of drug-likeness (QED) is 0.756. The molecule has 0 fully saturated rings. The molecule has 1 aromatic rings. The van der Waals surface area contributed by atoms with Gasteiger partial charge in [-0.2, -0.15) is 0 Å². The zero-order valence-electron chi connectivity index (χ0n) is 12.2. The van der Waals surface area contributed by atoms with Gasteiger partial charge in [-0.25, -0.2) is 4.79 Å². The fraction of sp³-hybridized carbons (Fsp3) is 0.533. The number of carbonyl (C=O) groups excluding carboxylic acids is 1. The maximum Gasteiger partial charge on any atom is 0.315 e. The first-order chi connectivity index (χ1) is 9.39. The van der Waals surface area contributed by atoms with Gasteiger partial charge in [0.2, 0.25) is 0 Å². The second-order valence-corrected chi connectivity index (χ2v) is 5.95. The highest BCUT2D eigenvalue weighted by molar-refractivity contribution is 6.30. The van der Waals surface area contributed by atoms with Crippen LogP contribution in [0.2, 0.25) is 5.02 Å². The number of urea groups is 1. The number of carbonyl (C=O) groups is 1. The molecule has 1 unspecified atom stereocenters. The van der Waals surface area contributed by atoms with E-state index in [1.54, 1.807) is 0 Å². The van der Waals surface area contributed by atoms with Crippen LogP contribution in [0.15, 0.2) is 24.3 Å². The largest absolute Gasteiger partial charge is 0.394 e. The second-order valence-electron chi connectivity index (χ2n) is 5.51. The van der Waals surface area contributed by atoms with Crippen molar-refractivity contribution in [3.05, 3.63) is 34.9 Å². The minimum Gasteiger partial charge on any atom is -0.394 e. The Bertz CT molecular complexity index is 445. The van der Waals surface area contributed by atoms with E-state index in [9.17, 15) is 4.79 Å². The normalized spacial score (nSPS) is 12.8. The summed E-state index contributed by atoms with van der Waals surface area (Å²) in [6, 6.07) is 7.16. The van der Waals surface area contributed by atoms with E-state index in [1.165, 1.54) is 0 Å². The Hall–Kier alpha value is -1.26. The zero-order valence-corrected chi connectivity index (χ0v) is 13.0. The van der Waals surface area contributed by atoms with Crippen LogP contribution in [0.1, 0.15) is 32.8 Å². The van der Waals surface area contributed by atoms with E-state index in [0.29, 0.717) is 18.0 Å². The lowest BCUT2D eigenvalue weighted by atomic mass is 9.85. The SMILES string of the molecule is CCC(CO)NC(=O)NCC(C)(C)c1cccc(Cl)c1. The molecule has 0 bridgehead atoms. The predicted molar refractivity (Wildman–Crippen MR) is 82.2 cm³/mol. The van der Waals surface area contributed by atoms with Crippen LogP contribution in [-0.2, 0) is 5.41 Å². The van der Waals surface area contributed by atoms with E-state index in [1.807, 2.05) is 45.0 Å². The highest BCUT2D eigenvalue weighted by Gasteiger charge is 2.22. The lowest BCUT2D eigenvalue weighted by Crippen LogP contribution is -2.47. The summed E-state index contributed by atoms with van der Waals surface area (Å²) in [6.45, 7) is 6.43. The van der Waals surface area contributed by atoms with Gasteiger partial charge in [0, 0.05) is 17.0 Å². The number of hydrogen-bond donors (Lipinski definition) is 3. The number of nitrogens with one attached hydrogen (secondary N) is 2. The minimum atomic E-state index is -0.263. The monoisotopic (exact) mass is 298 g/mol. The fourth-order valence-electron chi connectivity index (χ4n) is 1.83. The molecule has 1 atom stereocenters. The third kappa shape index (κ3) is 5.02. The molecular weight excluding hydrogens is 276 g/mol. The van der Waals surface area contributed by atoms with Crippen LogP contribution in [0.3, 0.4) is 0 Å². The van der Waals surface area contributed by atoms with Gasteiger partial charge in [0.25, 0.3) is 0 Å². The smallest absolute Gasteiger partial charge is 0.315 e. The maximum atomic E-state index is 11.8. The first-order valence-electron chi connectivity index (χ1n) is 6.80. The predicted octanol–water partition coefficient (Wildman–Crippen LogP) is 2.69. The van der Waals surface area contributed by atoms with E-state index in [-0.39, 0.29) is 24.1 Å². The van der Waals surface area contributed by atoms with Crippen molar-refractivity contribution < 1.29 is 9.90 Å². The molecule has 0 radical (unpaired) electrons. The van der Waals surface area contributed by atoms with Gasteiger partial charge in [0.1, 0.15) is 0 Å². The summed E-state index contributed by atoms with van der Waals surface area (Å²) in [6.07, 6.45) is 0.696. The Morgan fingerprint density at radius 3 is 2.70 bits per heavy atom. The van der Waals surface area contributed by atoms with Crippen molar-refractivity contribution in [3.8, 4) is 0 Å². The molecular formula is C15H23ClN2O2. The van der Waals surface area contributed by atoms with Gasteiger partial charge >= 0.3 is 6.03 Å². The van der Waals surface area contributed by atoms with E-state index in [2.05, 4.69) is 10.6 Å². The number of hydrogen-bond acceptors (Lipinski definition) is 2. The zero-order chi connectivity index (χ0) is 15.2. The second kappa shape index (κ2) is 7.50. The summed E-state index contributed by atoms with van der Waals surface area (Å²) >= 11 is 5.99. The first-order valence-corrected chi connectivity index (χ1v) is 7.18. The molecule has 0 heterocycles. The average Bonchev–Trinajstić information content (AvgIpc) is 2.42. The molecule has 3 N–H and O–H groups in total. The summed E-state index contributed by atoms with van der Waals surface area (Å²) in [5.74, 6) is 0. The fourth-order valence-corrected chi connectivity index (χ4v) is 2.02. The van der Waals surface area contributed by atoms with Crippen molar-refractivity contribution in [3.63, 3.8) is 0 Å².